The van der Waals surface area contributed by atoms with Gasteiger partial charge in [-0.05, 0) is 37.8 Å². The summed E-state index contributed by atoms with van der Waals surface area (Å²) < 4.78 is 12.9. The molecule has 1 aromatic carbocycles. The van der Waals surface area contributed by atoms with E-state index in [1.807, 2.05) is 17.8 Å². The molecule has 0 spiro atoms. The highest BCUT2D eigenvalue weighted by molar-refractivity contribution is 5.69. The number of piperidine rings is 1. The van der Waals surface area contributed by atoms with Crippen LogP contribution in [0.1, 0.15) is 36.6 Å². The molecule has 1 aromatic heterocycles. The summed E-state index contributed by atoms with van der Waals surface area (Å²) in [5.41, 5.74) is 4.91. The summed E-state index contributed by atoms with van der Waals surface area (Å²) >= 11 is 0. The maximum absolute atomic E-state index is 5.43. The van der Waals surface area contributed by atoms with Gasteiger partial charge < -0.3 is 14.8 Å². The Morgan fingerprint density at radius 2 is 1.87 bits per heavy atom. The lowest BCUT2D eigenvalue weighted by atomic mass is 9.84. The molecule has 5 nitrogen and oxygen atoms in total. The second kappa shape index (κ2) is 5.57. The molecule has 1 fully saturated rings. The molecule has 0 amide bonds. The van der Waals surface area contributed by atoms with Gasteiger partial charge in [-0.3, -0.25) is 4.68 Å². The van der Waals surface area contributed by atoms with E-state index in [0.717, 1.165) is 23.5 Å². The maximum Gasteiger partial charge on any atom is 0.123 e. The minimum absolute atomic E-state index is 0.407. The van der Waals surface area contributed by atoms with Crippen molar-refractivity contribution in [1.29, 1.82) is 0 Å². The Kier molecular flexibility index (Phi) is 3.53. The van der Waals surface area contributed by atoms with Crippen LogP contribution in [-0.4, -0.2) is 30.0 Å². The Morgan fingerprint density at radius 1 is 1.13 bits per heavy atom. The number of aromatic nitrogens is 2. The van der Waals surface area contributed by atoms with E-state index in [9.17, 15) is 0 Å². The van der Waals surface area contributed by atoms with Gasteiger partial charge in [-0.25, -0.2) is 0 Å². The molecule has 1 N–H and O–H groups in total. The molecule has 3 heterocycles. The monoisotopic (exact) mass is 313 g/mol. The van der Waals surface area contributed by atoms with Gasteiger partial charge in [-0.1, -0.05) is 0 Å². The maximum atomic E-state index is 5.43. The summed E-state index contributed by atoms with van der Waals surface area (Å²) in [5.74, 6) is 1.62. The van der Waals surface area contributed by atoms with Crippen LogP contribution in [0.5, 0.6) is 11.5 Å². The number of benzene rings is 1. The van der Waals surface area contributed by atoms with Crippen LogP contribution in [0.15, 0.2) is 18.2 Å². The van der Waals surface area contributed by atoms with Crippen molar-refractivity contribution in [2.45, 2.75) is 37.8 Å². The zero-order valence-corrected chi connectivity index (χ0v) is 13.9. The Labute approximate surface area is 136 Å². The van der Waals surface area contributed by atoms with Gasteiger partial charge in [0.25, 0.3) is 0 Å². The molecule has 2 aromatic rings. The van der Waals surface area contributed by atoms with Crippen molar-refractivity contribution < 1.29 is 9.47 Å². The number of rotatable bonds is 3. The number of fused-ring (bicyclic) bond motifs is 4. The molecule has 1 saturated heterocycles. The summed E-state index contributed by atoms with van der Waals surface area (Å²) in [6.07, 6.45) is 4.78. The molecular weight excluding hydrogens is 290 g/mol. The SMILES string of the molecule is COc1cc(OC)cc(-c2c3c(nn2C)[C@H]2CCC[C@@H](C3)N2)c1. The van der Waals surface area contributed by atoms with Gasteiger partial charge in [-0.2, -0.15) is 5.10 Å². The van der Waals surface area contributed by atoms with Crippen LogP contribution < -0.4 is 14.8 Å². The zero-order chi connectivity index (χ0) is 16.0. The molecule has 23 heavy (non-hydrogen) atoms. The quantitative estimate of drug-likeness (QED) is 0.946. The van der Waals surface area contributed by atoms with Gasteiger partial charge in [0.1, 0.15) is 11.5 Å². The summed E-state index contributed by atoms with van der Waals surface area (Å²) in [5, 5.41) is 8.55. The van der Waals surface area contributed by atoms with Crippen molar-refractivity contribution in [3.63, 3.8) is 0 Å². The molecule has 2 atom stereocenters. The number of aryl methyl sites for hydroxylation is 1. The van der Waals surface area contributed by atoms with Gasteiger partial charge in [0.15, 0.2) is 0 Å². The molecule has 2 aliphatic heterocycles. The summed E-state index contributed by atoms with van der Waals surface area (Å²) in [4.78, 5) is 0. The highest BCUT2D eigenvalue weighted by Crippen LogP contribution is 2.40. The van der Waals surface area contributed by atoms with E-state index in [0.29, 0.717) is 12.1 Å². The predicted octanol–water partition coefficient (Wildman–Crippen LogP) is 2.84. The van der Waals surface area contributed by atoms with E-state index in [1.54, 1.807) is 14.2 Å². The van der Waals surface area contributed by atoms with Crippen LogP contribution >= 0.6 is 0 Å². The first-order valence-electron chi connectivity index (χ1n) is 8.25. The van der Waals surface area contributed by atoms with E-state index in [4.69, 9.17) is 14.6 Å². The fourth-order valence-corrected chi connectivity index (χ4v) is 4.02. The van der Waals surface area contributed by atoms with E-state index in [1.165, 1.54) is 36.2 Å². The number of hydrogen-bond donors (Lipinski definition) is 1. The smallest absolute Gasteiger partial charge is 0.123 e. The highest BCUT2D eigenvalue weighted by Gasteiger charge is 2.34. The fourth-order valence-electron chi connectivity index (χ4n) is 4.02. The first kappa shape index (κ1) is 14.6. The second-order valence-corrected chi connectivity index (χ2v) is 6.49. The van der Waals surface area contributed by atoms with E-state index >= 15 is 0 Å². The van der Waals surface area contributed by atoms with Crippen LogP contribution in [0, 0.1) is 0 Å². The van der Waals surface area contributed by atoms with Gasteiger partial charge in [-0.15, -0.1) is 0 Å². The van der Waals surface area contributed by atoms with Crippen molar-refractivity contribution in [3.05, 3.63) is 29.5 Å². The summed E-state index contributed by atoms with van der Waals surface area (Å²) in [6, 6.07) is 7.03. The van der Waals surface area contributed by atoms with Crippen LogP contribution in [0.3, 0.4) is 0 Å². The lowest BCUT2D eigenvalue weighted by molar-refractivity contribution is 0.297. The number of hydrogen-bond acceptors (Lipinski definition) is 4. The standard InChI is InChI=1S/C18H23N3O2/c1-21-18(11-7-13(22-2)10-14(8-11)23-3)15-9-12-5-4-6-16(19-12)17(15)20-21/h7-8,10,12,16,19H,4-6,9H2,1-3H3/t12-,16+/m0/s1. The number of nitrogens with zero attached hydrogens (tertiary/aromatic N) is 2. The molecule has 4 rings (SSSR count). The Morgan fingerprint density at radius 3 is 2.57 bits per heavy atom. The predicted molar refractivity (Wildman–Crippen MR) is 89.0 cm³/mol. The van der Waals surface area contributed by atoms with Crippen molar-refractivity contribution in [2.24, 2.45) is 7.05 Å². The molecule has 0 aliphatic carbocycles. The Bertz CT molecular complexity index is 716. The molecule has 122 valence electrons. The average molecular weight is 313 g/mol. The lowest BCUT2D eigenvalue weighted by Crippen LogP contribution is -2.42. The van der Waals surface area contributed by atoms with Crippen LogP contribution in [0.4, 0.5) is 0 Å². The molecular formula is C18H23N3O2. The van der Waals surface area contributed by atoms with Gasteiger partial charge in [0.2, 0.25) is 0 Å². The summed E-state index contributed by atoms with van der Waals surface area (Å²) in [7, 11) is 5.40. The number of methoxy groups -OCH3 is 2. The van der Waals surface area contributed by atoms with E-state index < -0.39 is 0 Å². The van der Waals surface area contributed by atoms with E-state index in [2.05, 4.69) is 17.4 Å². The van der Waals surface area contributed by atoms with Crippen LogP contribution in [0.2, 0.25) is 0 Å². The van der Waals surface area contributed by atoms with Gasteiger partial charge >= 0.3 is 0 Å². The Hall–Kier alpha value is -2.01. The minimum atomic E-state index is 0.407. The first-order valence-corrected chi connectivity index (χ1v) is 8.25. The third kappa shape index (κ3) is 2.39. The van der Waals surface area contributed by atoms with Crippen LogP contribution in [-0.2, 0) is 13.5 Å². The number of ether oxygens (including phenoxy) is 2. The van der Waals surface area contributed by atoms with Crippen molar-refractivity contribution in [1.82, 2.24) is 15.1 Å². The topological polar surface area (TPSA) is 48.3 Å². The average Bonchev–Trinajstić information content (AvgIpc) is 2.91. The molecule has 5 heteroatoms. The Balaban J connectivity index is 1.86. The first-order chi connectivity index (χ1) is 11.2. The van der Waals surface area contributed by atoms with Crippen molar-refractivity contribution in [3.8, 4) is 22.8 Å². The van der Waals surface area contributed by atoms with Crippen molar-refractivity contribution >= 4 is 0 Å². The second-order valence-electron chi connectivity index (χ2n) is 6.49. The molecule has 0 unspecified atom stereocenters. The lowest BCUT2D eigenvalue weighted by Gasteiger charge is -2.35. The van der Waals surface area contributed by atoms with Crippen molar-refractivity contribution in [2.75, 3.05) is 14.2 Å². The normalized spacial score (nSPS) is 22.6. The molecule has 0 radical (unpaired) electrons. The molecule has 2 bridgehead atoms. The van der Waals surface area contributed by atoms with E-state index in [-0.39, 0.29) is 0 Å². The fraction of sp³-hybridized carbons (Fsp3) is 0.500. The third-order valence-electron chi connectivity index (χ3n) is 5.06. The minimum Gasteiger partial charge on any atom is -0.497 e. The number of nitrogens with one attached hydrogen (secondary N) is 1. The van der Waals surface area contributed by atoms with Gasteiger partial charge in [0.05, 0.1) is 31.6 Å². The molecule has 0 saturated carbocycles. The summed E-state index contributed by atoms with van der Waals surface area (Å²) in [6.45, 7) is 0. The van der Waals surface area contributed by atoms with Crippen LogP contribution in [0.25, 0.3) is 11.3 Å². The molecule has 2 aliphatic rings. The largest absolute Gasteiger partial charge is 0.497 e. The van der Waals surface area contributed by atoms with Gasteiger partial charge in [0, 0.05) is 30.3 Å². The highest BCUT2D eigenvalue weighted by atomic mass is 16.5. The zero-order valence-electron chi connectivity index (χ0n) is 13.9. The third-order valence-corrected chi connectivity index (χ3v) is 5.06.